The van der Waals surface area contributed by atoms with Crippen LogP contribution in [0, 0.1) is 0 Å². The van der Waals surface area contributed by atoms with Crippen LogP contribution in [0.5, 0.6) is 11.5 Å². The number of hydrogen-bond donors (Lipinski definition) is 2. The Morgan fingerprint density at radius 3 is 2.21 bits per heavy atom. The average molecular weight is 476 g/mol. The highest BCUT2D eigenvalue weighted by Crippen LogP contribution is 2.24. The van der Waals surface area contributed by atoms with E-state index in [1.54, 1.807) is 24.3 Å². The van der Waals surface area contributed by atoms with Gasteiger partial charge in [-0.25, -0.2) is 13.2 Å². The van der Waals surface area contributed by atoms with Crippen molar-refractivity contribution in [1.29, 1.82) is 0 Å². The molecule has 9 heteroatoms. The van der Waals surface area contributed by atoms with Crippen molar-refractivity contribution in [2.24, 2.45) is 0 Å². The Morgan fingerprint density at radius 2 is 1.64 bits per heavy atom. The third-order valence-corrected chi connectivity index (χ3v) is 5.97. The van der Waals surface area contributed by atoms with Crippen molar-refractivity contribution in [3.63, 3.8) is 0 Å². The highest BCUT2D eigenvalue weighted by Gasteiger charge is 2.21. The minimum Gasteiger partial charge on any atom is -0.457 e. The van der Waals surface area contributed by atoms with Crippen LogP contribution in [0.3, 0.4) is 0 Å². The van der Waals surface area contributed by atoms with Gasteiger partial charge in [-0.2, -0.15) is 0 Å². The number of likely N-dealkylation sites (tertiary alicyclic amines) is 1. The summed E-state index contributed by atoms with van der Waals surface area (Å²) in [5.74, 6) is 1.34. The summed E-state index contributed by atoms with van der Waals surface area (Å²) in [5.41, 5.74) is 1.69. The first kappa shape index (κ1) is 24.9. The van der Waals surface area contributed by atoms with Crippen LogP contribution in [0.1, 0.15) is 38.2 Å². The molecule has 2 aromatic carbocycles. The number of ether oxygens (including phenoxy) is 2. The number of anilines is 1. The second-order valence-corrected chi connectivity index (χ2v) is 10.1. The molecule has 0 saturated carbocycles. The smallest absolute Gasteiger partial charge is 0.407 e. The van der Waals surface area contributed by atoms with E-state index in [0.29, 0.717) is 23.8 Å². The number of rotatable bonds is 10. The van der Waals surface area contributed by atoms with Gasteiger partial charge in [-0.1, -0.05) is 25.5 Å². The molecule has 1 aliphatic heterocycles. The maximum Gasteiger partial charge on any atom is 0.407 e. The van der Waals surface area contributed by atoms with Gasteiger partial charge in [-0.15, -0.1) is 0 Å². The summed E-state index contributed by atoms with van der Waals surface area (Å²) < 4.78 is 36.0. The molecule has 0 bridgehead atoms. The first-order chi connectivity index (χ1) is 15.8. The molecular formula is C24H33N3O5S. The molecule has 1 heterocycles. The largest absolute Gasteiger partial charge is 0.457 e. The topological polar surface area (TPSA) is 97.0 Å². The van der Waals surface area contributed by atoms with E-state index < -0.39 is 10.0 Å². The lowest BCUT2D eigenvalue weighted by Gasteiger charge is -2.32. The molecule has 0 aromatic heterocycles. The van der Waals surface area contributed by atoms with Crippen molar-refractivity contribution in [3.8, 4) is 11.5 Å². The molecule has 1 fully saturated rings. The van der Waals surface area contributed by atoms with Gasteiger partial charge in [0.25, 0.3) is 0 Å². The summed E-state index contributed by atoms with van der Waals surface area (Å²) in [4.78, 5) is 14.2. The number of carbonyl (C=O) groups excluding carboxylic acids is 1. The number of nitrogens with zero attached hydrogens (tertiary/aromatic N) is 1. The van der Waals surface area contributed by atoms with Crippen LogP contribution in [0.4, 0.5) is 10.5 Å². The first-order valence-electron chi connectivity index (χ1n) is 11.3. The van der Waals surface area contributed by atoms with Crippen molar-refractivity contribution in [2.75, 3.05) is 30.7 Å². The van der Waals surface area contributed by atoms with E-state index in [1.165, 1.54) is 5.56 Å². The molecule has 1 amide bonds. The van der Waals surface area contributed by atoms with Crippen LogP contribution < -0.4 is 14.8 Å². The van der Waals surface area contributed by atoms with Crippen LogP contribution in [0.15, 0.2) is 48.5 Å². The van der Waals surface area contributed by atoms with Gasteiger partial charge in [0.2, 0.25) is 10.0 Å². The molecule has 3 rings (SSSR count). The van der Waals surface area contributed by atoms with Gasteiger partial charge in [-0.05, 0) is 61.2 Å². The van der Waals surface area contributed by atoms with Crippen LogP contribution in [0.2, 0.25) is 0 Å². The van der Waals surface area contributed by atoms with Gasteiger partial charge in [0.15, 0.2) is 0 Å². The molecule has 180 valence electrons. The van der Waals surface area contributed by atoms with Crippen LogP contribution in [0.25, 0.3) is 0 Å². The van der Waals surface area contributed by atoms with Gasteiger partial charge in [0, 0.05) is 31.4 Å². The number of amides is 1. The number of sulfonamides is 1. The summed E-state index contributed by atoms with van der Waals surface area (Å²) in [6.45, 7) is 5.24. The highest BCUT2D eigenvalue weighted by atomic mass is 32.2. The van der Waals surface area contributed by atoms with Gasteiger partial charge >= 0.3 is 6.09 Å². The van der Waals surface area contributed by atoms with E-state index in [4.69, 9.17) is 9.47 Å². The Balaban J connectivity index is 1.41. The molecule has 0 atom stereocenters. The first-order valence-corrected chi connectivity index (χ1v) is 13.2. The van der Waals surface area contributed by atoms with Crippen molar-refractivity contribution in [2.45, 2.75) is 45.2 Å². The number of piperidine rings is 1. The van der Waals surface area contributed by atoms with Crippen LogP contribution in [-0.2, 0) is 21.3 Å². The van der Waals surface area contributed by atoms with E-state index in [9.17, 15) is 13.2 Å². The van der Waals surface area contributed by atoms with Crippen molar-refractivity contribution < 1.29 is 22.7 Å². The normalized spacial score (nSPS) is 15.1. The predicted octanol–water partition coefficient (Wildman–Crippen LogP) is 4.34. The lowest BCUT2D eigenvalue weighted by molar-refractivity contribution is 0.130. The van der Waals surface area contributed by atoms with Crippen molar-refractivity contribution >= 4 is 21.8 Å². The Morgan fingerprint density at radius 1 is 1.03 bits per heavy atom. The maximum absolute atomic E-state index is 11.8. The molecule has 33 heavy (non-hydrogen) atoms. The van der Waals surface area contributed by atoms with Gasteiger partial charge in [0.05, 0.1) is 12.9 Å². The van der Waals surface area contributed by atoms with Gasteiger partial charge < -0.3 is 14.8 Å². The summed E-state index contributed by atoms with van der Waals surface area (Å²) in [5, 5.41) is 2.97. The third kappa shape index (κ3) is 8.94. The minimum absolute atomic E-state index is 0.171. The average Bonchev–Trinajstić information content (AvgIpc) is 2.77. The van der Waals surface area contributed by atoms with E-state index >= 15 is 0 Å². The monoisotopic (exact) mass is 475 g/mol. The maximum atomic E-state index is 11.8. The summed E-state index contributed by atoms with van der Waals surface area (Å²) in [6, 6.07) is 14.9. The molecule has 2 aromatic rings. The standard InChI is InChI=1S/C24H33N3O5S/c1-3-4-17-31-24(28)25-20-13-15-27(16-14-20)18-19-5-9-22(10-6-19)32-23-11-7-21(8-12-23)26-33(2,29)30/h5-12,20,26H,3-4,13-18H2,1-2H3,(H,25,28). The predicted molar refractivity (Wildman–Crippen MR) is 129 cm³/mol. The molecule has 0 aliphatic carbocycles. The minimum atomic E-state index is -3.30. The molecule has 1 saturated heterocycles. The Hall–Kier alpha value is -2.78. The zero-order chi connectivity index (χ0) is 23.7. The molecule has 0 unspecified atom stereocenters. The second-order valence-electron chi connectivity index (χ2n) is 8.33. The van der Waals surface area contributed by atoms with E-state index in [-0.39, 0.29) is 12.1 Å². The molecule has 0 spiro atoms. The van der Waals surface area contributed by atoms with Crippen LogP contribution >= 0.6 is 0 Å². The molecule has 2 N–H and O–H groups in total. The molecule has 8 nitrogen and oxygen atoms in total. The Bertz CT molecular complexity index is 986. The van der Waals surface area contributed by atoms with E-state index in [0.717, 1.165) is 51.6 Å². The van der Waals surface area contributed by atoms with E-state index in [2.05, 4.69) is 21.9 Å². The SMILES string of the molecule is CCCCOC(=O)NC1CCN(Cc2ccc(Oc3ccc(NS(C)(=O)=O)cc3)cc2)CC1. The number of carbonyl (C=O) groups is 1. The van der Waals surface area contributed by atoms with Crippen molar-refractivity contribution in [1.82, 2.24) is 10.2 Å². The van der Waals surface area contributed by atoms with E-state index in [1.807, 2.05) is 24.3 Å². The number of hydrogen-bond acceptors (Lipinski definition) is 6. The van der Waals surface area contributed by atoms with Gasteiger partial charge in [-0.3, -0.25) is 9.62 Å². The number of unbranched alkanes of at least 4 members (excludes halogenated alkanes) is 1. The molecule has 1 aliphatic rings. The second kappa shape index (κ2) is 11.9. The highest BCUT2D eigenvalue weighted by molar-refractivity contribution is 7.92. The number of benzene rings is 2. The Labute approximate surface area is 196 Å². The fourth-order valence-corrected chi connectivity index (χ4v) is 4.18. The van der Waals surface area contributed by atoms with Crippen molar-refractivity contribution in [3.05, 3.63) is 54.1 Å². The number of nitrogens with one attached hydrogen (secondary N) is 2. The summed E-state index contributed by atoms with van der Waals surface area (Å²) in [7, 11) is -3.30. The fraction of sp³-hybridized carbons (Fsp3) is 0.458. The third-order valence-electron chi connectivity index (χ3n) is 5.36. The molecule has 0 radical (unpaired) electrons. The fourth-order valence-electron chi connectivity index (χ4n) is 3.62. The lowest BCUT2D eigenvalue weighted by Crippen LogP contribution is -2.44. The summed E-state index contributed by atoms with van der Waals surface area (Å²) in [6.07, 6.45) is 4.53. The zero-order valence-electron chi connectivity index (χ0n) is 19.2. The Kier molecular flexibility index (Phi) is 8.96. The zero-order valence-corrected chi connectivity index (χ0v) is 20.1. The quantitative estimate of drug-likeness (QED) is 0.496. The van der Waals surface area contributed by atoms with Crippen LogP contribution in [-0.4, -0.2) is 51.4 Å². The van der Waals surface area contributed by atoms with Gasteiger partial charge in [0.1, 0.15) is 11.5 Å². The number of alkyl carbamates (subject to hydrolysis) is 1. The summed E-state index contributed by atoms with van der Waals surface area (Å²) >= 11 is 0. The molecular weight excluding hydrogens is 442 g/mol. The lowest BCUT2D eigenvalue weighted by atomic mass is 10.0.